The smallest absolute Gasteiger partial charge is 0.214 e. The molecule has 1 rings (SSSR count). The predicted octanol–water partition coefficient (Wildman–Crippen LogP) is 1.35. The molecule has 0 radical (unpaired) electrons. The number of unbranched alkanes of at least 4 members (excludes halogenated alkanes) is 1. The summed E-state index contributed by atoms with van der Waals surface area (Å²) in [5.74, 6) is 0.169. The van der Waals surface area contributed by atoms with Crippen molar-refractivity contribution in [3.63, 3.8) is 0 Å². The van der Waals surface area contributed by atoms with Gasteiger partial charge in [0, 0.05) is 18.7 Å². The summed E-state index contributed by atoms with van der Waals surface area (Å²) >= 11 is 0. The standard InChI is InChI=1S/C11H23NO3S/c1-10-6-5-7-11(2)12(10)16(14,15)9-4-3-8-13/h10-11,13H,3-9H2,1-2H3. The second kappa shape index (κ2) is 5.98. The Hall–Kier alpha value is -0.130. The molecule has 1 heterocycles. The molecule has 0 aromatic rings. The van der Waals surface area contributed by atoms with Crippen LogP contribution in [-0.4, -0.2) is 42.3 Å². The van der Waals surface area contributed by atoms with Gasteiger partial charge >= 0.3 is 0 Å². The fraction of sp³-hybridized carbons (Fsp3) is 1.00. The molecule has 0 aliphatic carbocycles. The van der Waals surface area contributed by atoms with Crippen molar-refractivity contribution >= 4 is 10.0 Å². The van der Waals surface area contributed by atoms with Gasteiger partial charge in [-0.1, -0.05) is 6.42 Å². The minimum Gasteiger partial charge on any atom is -0.396 e. The molecule has 1 N–H and O–H groups in total. The van der Waals surface area contributed by atoms with Crippen molar-refractivity contribution in [3.8, 4) is 0 Å². The Morgan fingerprint density at radius 1 is 1.19 bits per heavy atom. The van der Waals surface area contributed by atoms with Gasteiger partial charge in [0.15, 0.2) is 0 Å². The van der Waals surface area contributed by atoms with Gasteiger partial charge in [-0.15, -0.1) is 0 Å². The van der Waals surface area contributed by atoms with Crippen LogP contribution in [0.1, 0.15) is 46.0 Å². The summed E-state index contributed by atoms with van der Waals surface area (Å²) < 4.78 is 25.9. The second-order valence-electron chi connectivity index (χ2n) is 4.71. The Bertz CT molecular complexity index is 292. The Labute approximate surface area is 98.7 Å². The maximum absolute atomic E-state index is 12.1. The van der Waals surface area contributed by atoms with Crippen LogP contribution in [0.4, 0.5) is 0 Å². The highest BCUT2D eigenvalue weighted by atomic mass is 32.2. The van der Waals surface area contributed by atoms with E-state index in [-0.39, 0.29) is 24.4 Å². The summed E-state index contributed by atoms with van der Waals surface area (Å²) in [4.78, 5) is 0. The Morgan fingerprint density at radius 3 is 2.25 bits per heavy atom. The largest absolute Gasteiger partial charge is 0.396 e. The van der Waals surface area contributed by atoms with Crippen LogP contribution in [-0.2, 0) is 10.0 Å². The van der Waals surface area contributed by atoms with Crippen molar-refractivity contribution in [2.75, 3.05) is 12.4 Å². The molecule has 0 saturated carbocycles. The highest BCUT2D eigenvalue weighted by Crippen LogP contribution is 2.26. The molecule has 5 heteroatoms. The molecule has 2 atom stereocenters. The van der Waals surface area contributed by atoms with E-state index in [0.29, 0.717) is 12.8 Å². The molecule has 0 aromatic carbocycles. The Morgan fingerprint density at radius 2 is 1.75 bits per heavy atom. The molecule has 1 fully saturated rings. The van der Waals surface area contributed by atoms with Gasteiger partial charge in [0.1, 0.15) is 0 Å². The molecule has 1 aliphatic rings. The van der Waals surface area contributed by atoms with Gasteiger partial charge in [0.25, 0.3) is 0 Å². The summed E-state index contributed by atoms with van der Waals surface area (Å²) in [6.07, 6.45) is 4.16. The molecular formula is C11H23NO3S. The van der Waals surface area contributed by atoms with Crippen molar-refractivity contribution in [2.24, 2.45) is 0 Å². The molecule has 4 nitrogen and oxygen atoms in total. The third kappa shape index (κ3) is 3.43. The van der Waals surface area contributed by atoms with Gasteiger partial charge in [-0.05, 0) is 39.5 Å². The van der Waals surface area contributed by atoms with Crippen LogP contribution in [0, 0.1) is 0 Å². The quantitative estimate of drug-likeness (QED) is 0.748. The number of rotatable bonds is 5. The fourth-order valence-electron chi connectivity index (χ4n) is 2.45. The van der Waals surface area contributed by atoms with Crippen molar-refractivity contribution in [1.29, 1.82) is 0 Å². The van der Waals surface area contributed by atoms with E-state index < -0.39 is 10.0 Å². The van der Waals surface area contributed by atoms with Gasteiger partial charge in [0.05, 0.1) is 5.75 Å². The molecular weight excluding hydrogens is 226 g/mol. The zero-order valence-corrected chi connectivity index (χ0v) is 11.0. The molecule has 16 heavy (non-hydrogen) atoms. The number of sulfonamides is 1. The number of aliphatic hydroxyl groups is 1. The van der Waals surface area contributed by atoms with Crippen molar-refractivity contribution in [2.45, 2.75) is 58.0 Å². The van der Waals surface area contributed by atoms with Gasteiger partial charge in [-0.3, -0.25) is 0 Å². The van der Waals surface area contributed by atoms with Crippen LogP contribution in [0.2, 0.25) is 0 Å². The Balaban J connectivity index is 2.64. The van der Waals surface area contributed by atoms with Crippen LogP contribution in [0.25, 0.3) is 0 Å². The van der Waals surface area contributed by atoms with Crippen LogP contribution in [0.15, 0.2) is 0 Å². The van der Waals surface area contributed by atoms with E-state index in [1.807, 2.05) is 13.8 Å². The van der Waals surface area contributed by atoms with E-state index in [9.17, 15) is 8.42 Å². The SMILES string of the molecule is CC1CCCC(C)N1S(=O)(=O)CCCCO. The van der Waals surface area contributed by atoms with Crippen molar-refractivity contribution in [1.82, 2.24) is 4.31 Å². The molecule has 0 bridgehead atoms. The average Bonchev–Trinajstić information content (AvgIpc) is 2.17. The first-order chi connectivity index (χ1) is 7.49. The van der Waals surface area contributed by atoms with Gasteiger partial charge in [-0.25, -0.2) is 8.42 Å². The first-order valence-electron chi connectivity index (χ1n) is 6.11. The zero-order chi connectivity index (χ0) is 12.2. The zero-order valence-electron chi connectivity index (χ0n) is 10.2. The van der Waals surface area contributed by atoms with E-state index in [1.54, 1.807) is 4.31 Å². The normalized spacial score (nSPS) is 28.2. The minimum atomic E-state index is -3.13. The summed E-state index contributed by atoms with van der Waals surface area (Å²) in [5.41, 5.74) is 0. The highest BCUT2D eigenvalue weighted by molar-refractivity contribution is 7.89. The highest BCUT2D eigenvalue weighted by Gasteiger charge is 2.33. The predicted molar refractivity (Wildman–Crippen MR) is 64.7 cm³/mol. The van der Waals surface area contributed by atoms with Gasteiger partial charge in [0.2, 0.25) is 10.0 Å². The molecule has 96 valence electrons. The minimum absolute atomic E-state index is 0.0701. The molecule has 0 amide bonds. The topological polar surface area (TPSA) is 57.6 Å². The number of aliphatic hydroxyl groups excluding tert-OH is 1. The number of piperidine rings is 1. The lowest BCUT2D eigenvalue weighted by molar-refractivity contribution is 0.204. The summed E-state index contributed by atoms with van der Waals surface area (Å²) in [6, 6.07) is 0.255. The van der Waals surface area contributed by atoms with Gasteiger partial charge < -0.3 is 5.11 Å². The van der Waals surface area contributed by atoms with E-state index in [4.69, 9.17) is 5.11 Å². The first kappa shape index (κ1) is 13.9. The van der Waals surface area contributed by atoms with E-state index in [1.165, 1.54) is 0 Å². The van der Waals surface area contributed by atoms with Crippen molar-refractivity contribution < 1.29 is 13.5 Å². The van der Waals surface area contributed by atoms with Crippen LogP contribution in [0.3, 0.4) is 0 Å². The van der Waals surface area contributed by atoms with E-state index >= 15 is 0 Å². The second-order valence-corrected chi connectivity index (χ2v) is 6.70. The lowest BCUT2D eigenvalue weighted by atomic mass is 10.0. The average molecular weight is 249 g/mol. The van der Waals surface area contributed by atoms with Crippen LogP contribution < -0.4 is 0 Å². The lowest BCUT2D eigenvalue weighted by Crippen LogP contribution is -2.48. The van der Waals surface area contributed by atoms with Gasteiger partial charge in [-0.2, -0.15) is 4.31 Å². The summed E-state index contributed by atoms with van der Waals surface area (Å²) in [5, 5.41) is 8.67. The monoisotopic (exact) mass is 249 g/mol. The molecule has 1 aliphatic heterocycles. The van der Waals surface area contributed by atoms with E-state index in [0.717, 1.165) is 19.3 Å². The lowest BCUT2D eigenvalue weighted by Gasteiger charge is -2.37. The summed E-state index contributed by atoms with van der Waals surface area (Å²) in [7, 11) is -3.13. The third-order valence-corrected chi connectivity index (χ3v) is 5.41. The maximum atomic E-state index is 12.1. The molecule has 2 unspecified atom stereocenters. The Kier molecular flexibility index (Phi) is 5.21. The molecule has 0 spiro atoms. The van der Waals surface area contributed by atoms with Crippen LogP contribution >= 0.6 is 0 Å². The van der Waals surface area contributed by atoms with Crippen molar-refractivity contribution in [3.05, 3.63) is 0 Å². The first-order valence-corrected chi connectivity index (χ1v) is 7.72. The summed E-state index contributed by atoms with van der Waals surface area (Å²) in [6.45, 7) is 4.04. The third-order valence-electron chi connectivity index (χ3n) is 3.24. The maximum Gasteiger partial charge on any atom is 0.214 e. The number of hydrogen-bond acceptors (Lipinski definition) is 3. The molecule has 0 aromatic heterocycles. The number of nitrogens with zero attached hydrogens (tertiary/aromatic N) is 1. The fourth-order valence-corrected chi connectivity index (χ4v) is 4.53. The van der Waals surface area contributed by atoms with Crippen LogP contribution in [0.5, 0.6) is 0 Å². The molecule has 1 saturated heterocycles. The number of hydrogen-bond donors (Lipinski definition) is 1. The van der Waals surface area contributed by atoms with E-state index in [2.05, 4.69) is 0 Å².